The van der Waals surface area contributed by atoms with Gasteiger partial charge >= 0.3 is 0 Å². The van der Waals surface area contributed by atoms with Crippen LogP contribution in [0, 0.1) is 5.92 Å². The number of aliphatic hydroxyl groups is 1. The number of hydrogen-bond acceptors (Lipinski definition) is 3. The van der Waals surface area contributed by atoms with Gasteiger partial charge in [-0.15, -0.1) is 0 Å². The van der Waals surface area contributed by atoms with E-state index < -0.39 is 0 Å². The minimum atomic E-state index is -0.112. The maximum absolute atomic E-state index is 9.83. The minimum Gasteiger partial charge on any atom is -0.507 e. The molecule has 1 unspecified atom stereocenters. The lowest BCUT2D eigenvalue weighted by Crippen LogP contribution is -2.17. The van der Waals surface area contributed by atoms with E-state index in [0.29, 0.717) is 0 Å². The number of phenolic OH excluding ortho intramolecular Hbond substituents is 1. The Kier molecular flexibility index (Phi) is 6.57. The summed E-state index contributed by atoms with van der Waals surface area (Å²) in [6.07, 6.45) is 4.99. The van der Waals surface area contributed by atoms with Crippen LogP contribution in [0.2, 0.25) is 0 Å². The molecule has 19 heavy (non-hydrogen) atoms. The number of aliphatic imine (C=N–C) groups is 1. The van der Waals surface area contributed by atoms with Crippen molar-refractivity contribution in [2.75, 3.05) is 6.61 Å². The molecular formula is C16H25NO2. The van der Waals surface area contributed by atoms with Crippen molar-refractivity contribution in [2.24, 2.45) is 10.9 Å². The van der Waals surface area contributed by atoms with Crippen molar-refractivity contribution in [3.8, 4) is 5.75 Å². The lowest BCUT2D eigenvalue weighted by atomic mass is 10.0. The zero-order chi connectivity index (χ0) is 14.3. The molecule has 0 bridgehead atoms. The molecule has 1 atom stereocenters. The van der Waals surface area contributed by atoms with Crippen molar-refractivity contribution in [3.63, 3.8) is 0 Å². The molecule has 0 heterocycles. The molecule has 1 rings (SSSR count). The number of phenols is 1. The highest BCUT2D eigenvalue weighted by molar-refractivity contribution is 5.83. The van der Waals surface area contributed by atoms with Crippen LogP contribution < -0.4 is 0 Å². The molecule has 3 heteroatoms. The summed E-state index contributed by atoms with van der Waals surface area (Å²) in [5.41, 5.74) is 1.94. The molecule has 0 spiro atoms. The second-order valence-electron chi connectivity index (χ2n) is 5.27. The Bertz CT molecular complexity index is 413. The number of aliphatic hydroxyl groups excluding tert-OH is 1. The van der Waals surface area contributed by atoms with Crippen LogP contribution in [0.25, 0.3) is 0 Å². The molecule has 0 aliphatic heterocycles. The van der Waals surface area contributed by atoms with Crippen LogP contribution in [0.15, 0.2) is 23.2 Å². The average molecular weight is 263 g/mol. The van der Waals surface area contributed by atoms with Crippen LogP contribution in [0.3, 0.4) is 0 Å². The SMILES string of the molecule is CCCCc1ccc(O)c(C=NC(CO)C(C)C)c1. The molecule has 0 aliphatic rings. The number of aryl methyl sites for hydroxylation is 1. The topological polar surface area (TPSA) is 52.8 Å². The molecule has 2 N–H and O–H groups in total. The van der Waals surface area contributed by atoms with Crippen molar-refractivity contribution in [2.45, 2.75) is 46.1 Å². The molecule has 0 aromatic heterocycles. The summed E-state index contributed by atoms with van der Waals surface area (Å²) in [5, 5.41) is 19.1. The van der Waals surface area contributed by atoms with Gasteiger partial charge in [-0.1, -0.05) is 33.3 Å². The third kappa shape index (κ3) is 5.03. The normalized spacial score (nSPS) is 13.3. The zero-order valence-corrected chi connectivity index (χ0v) is 12.1. The number of rotatable bonds is 7. The number of benzene rings is 1. The predicted molar refractivity (Wildman–Crippen MR) is 80.0 cm³/mol. The molecule has 0 fully saturated rings. The van der Waals surface area contributed by atoms with Crippen molar-refractivity contribution in [1.29, 1.82) is 0 Å². The smallest absolute Gasteiger partial charge is 0.124 e. The van der Waals surface area contributed by atoms with E-state index in [-0.39, 0.29) is 24.3 Å². The van der Waals surface area contributed by atoms with E-state index in [9.17, 15) is 10.2 Å². The van der Waals surface area contributed by atoms with Gasteiger partial charge in [-0.3, -0.25) is 4.99 Å². The molecule has 0 radical (unpaired) electrons. The molecule has 1 aromatic rings. The summed E-state index contributed by atoms with van der Waals surface area (Å²) < 4.78 is 0. The Morgan fingerprint density at radius 3 is 2.63 bits per heavy atom. The second kappa shape index (κ2) is 7.95. The Hall–Kier alpha value is -1.35. The molecular weight excluding hydrogens is 238 g/mol. The molecule has 3 nitrogen and oxygen atoms in total. The van der Waals surface area contributed by atoms with Crippen molar-refractivity contribution in [1.82, 2.24) is 0 Å². The van der Waals surface area contributed by atoms with E-state index in [4.69, 9.17) is 0 Å². The van der Waals surface area contributed by atoms with Gasteiger partial charge in [0.2, 0.25) is 0 Å². The van der Waals surface area contributed by atoms with E-state index in [2.05, 4.69) is 11.9 Å². The zero-order valence-electron chi connectivity index (χ0n) is 12.1. The predicted octanol–water partition coefficient (Wildman–Crippen LogP) is 3.17. The third-order valence-electron chi connectivity index (χ3n) is 3.27. The van der Waals surface area contributed by atoms with Gasteiger partial charge in [0.1, 0.15) is 5.75 Å². The molecule has 0 amide bonds. The van der Waals surface area contributed by atoms with E-state index in [0.717, 1.165) is 24.8 Å². The van der Waals surface area contributed by atoms with Gasteiger partial charge in [-0.25, -0.2) is 0 Å². The highest BCUT2D eigenvalue weighted by atomic mass is 16.3. The van der Waals surface area contributed by atoms with E-state index in [1.807, 2.05) is 26.0 Å². The first-order valence-electron chi connectivity index (χ1n) is 7.04. The van der Waals surface area contributed by atoms with Gasteiger partial charge in [0.15, 0.2) is 0 Å². The monoisotopic (exact) mass is 263 g/mol. The summed E-state index contributed by atoms with van der Waals surface area (Å²) in [5.74, 6) is 0.524. The summed E-state index contributed by atoms with van der Waals surface area (Å²) in [4.78, 5) is 4.36. The lowest BCUT2D eigenvalue weighted by molar-refractivity contribution is 0.240. The van der Waals surface area contributed by atoms with E-state index >= 15 is 0 Å². The van der Waals surface area contributed by atoms with Gasteiger partial charge < -0.3 is 10.2 Å². The van der Waals surface area contributed by atoms with Gasteiger partial charge in [-0.05, 0) is 36.5 Å². The maximum Gasteiger partial charge on any atom is 0.124 e. The number of hydrogen-bond donors (Lipinski definition) is 2. The van der Waals surface area contributed by atoms with E-state index in [1.54, 1.807) is 12.3 Å². The Labute approximate surface area is 116 Å². The number of nitrogens with zero attached hydrogens (tertiary/aromatic N) is 1. The van der Waals surface area contributed by atoms with Crippen LogP contribution in [-0.2, 0) is 6.42 Å². The largest absolute Gasteiger partial charge is 0.507 e. The maximum atomic E-state index is 9.83. The van der Waals surface area contributed by atoms with Crippen molar-refractivity contribution in [3.05, 3.63) is 29.3 Å². The van der Waals surface area contributed by atoms with Gasteiger partial charge in [-0.2, -0.15) is 0 Å². The fourth-order valence-corrected chi connectivity index (χ4v) is 1.85. The molecule has 106 valence electrons. The van der Waals surface area contributed by atoms with Crippen LogP contribution in [0.5, 0.6) is 5.75 Å². The molecule has 0 saturated heterocycles. The van der Waals surface area contributed by atoms with Crippen molar-refractivity contribution < 1.29 is 10.2 Å². The van der Waals surface area contributed by atoms with Crippen LogP contribution in [0.1, 0.15) is 44.7 Å². The fourth-order valence-electron chi connectivity index (χ4n) is 1.85. The summed E-state index contributed by atoms with van der Waals surface area (Å²) >= 11 is 0. The lowest BCUT2D eigenvalue weighted by Gasteiger charge is -2.13. The highest BCUT2D eigenvalue weighted by Crippen LogP contribution is 2.18. The summed E-state index contributed by atoms with van der Waals surface area (Å²) in [6, 6.07) is 5.53. The highest BCUT2D eigenvalue weighted by Gasteiger charge is 2.09. The van der Waals surface area contributed by atoms with Gasteiger partial charge in [0.25, 0.3) is 0 Å². The summed E-state index contributed by atoms with van der Waals surface area (Å²) in [6.45, 7) is 6.24. The van der Waals surface area contributed by atoms with Crippen LogP contribution in [-0.4, -0.2) is 29.1 Å². The van der Waals surface area contributed by atoms with Gasteiger partial charge in [0.05, 0.1) is 12.6 Å². The first kappa shape index (κ1) is 15.7. The second-order valence-corrected chi connectivity index (χ2v) is 5.27. The molecule has 0 saturated carbocycles. The Morgan fingerprint density at radius 2 is 2.05 bits per heavy atom. The average Bonchev–Trinajstić information content (AvgIpc) is 2.39. The Morgan fingerprint density at radius 1 is 1.32 bits per heavy atom. The first-order valence-corrected chi connectivity index (χ1v) is 7.04. The van der Waals surface area contributed by atoms with Crippen molar-refractivity contribution >= 4 is 6.21 Å². The van der Waals surface area contributed by atoms with Gasteiger partial charge in [0, 0.05) is 11.8 Å². The van der Waals surface area contributed by atoms with Crippen LogP contribution >= 0.6 is 0 Å². The molecule has 0 aliphatic carbocycles. The quantitative estimate of drug-likeness (QED) is 0.742. The number of aromatic hydroxyl groups is 1. The van der Waals surface area contributed by atoms with E-state index in [1.165, 1.54) is 5.56 Å². The molecule has 1 aromatic carbocycles. The van der Waals surface area contributed by atoms with Crippen LogP contribution in [0.4, 0.5) is 0 Å². The summed E-state index contributed by atoms with van der Waals surface area (Å²) in [7, 11) is 0. The standard InChI is InChI=1S/C16H25NO2/c1-4-5-6-13-7-8-16(19)14(9-13)10-17-15(11-18)12(2)3/h7-10,12,15,18-19H,4-6,11H2,1-3H3. The minimum absolute atomic E-state index is 0.0322. The third-order valence-corrected chi connectivity index (χ3v) is 3.27. The number of unbranched alkanes of at least 4 members (excludes halogenated alkanes) is 1. The Balaban J connectivity index is 2.83. The first-order chi connectivity index (χ1) is 9.08. The fraction of sp³-hybridized carbons (Fsp3) is 0.562.